The third-order valence-corrected chi connectivity index (χ3v) is 3.72. The van der Waals surface area contributed by atoms with E-state index in [-0.39, 0.29) is 5.91 Å². The van der Waals surface area contributed by atoms with Gasteiger partial charge < -0.3 is 10.2 Å². The molecule has 1 atom stereocenters. The van der Waals surface area contributed by atoms with Gasteiger partial charge in [0.2, 0.25) is 5.91 Å². The lowest BCUT2D eigenvalue weighted by atomic mass is 9.78. The third kappa shape index (κ3) is 1.50. The fourth-order valence-corrected chi connectivity index (χ4v) is 2.86. The Morgan fingerprint density at radius 3 is 3.00 bits per heavy atom. The first-order valence-electron chi connectivity index (χ1n) is 5.97. The average Bonchev–Trinajstić information content (AvgIpc) is 2.48. The minimum absolute atomic E-state index is 0.136. The van der Waals surface area contributed by atoms with Gasteiger partial charge in [-0.2, -0.15) is 0 Å². The lowest BCUT2D eigenvalue weighted by Crippen LogP contribution is -2.43. The van der Waals surface area contributed by atoms with E-state index >= 15 is 0 Å². The van der Waals surface area contributed by atoms with Crippen molar-refractivity contribution in [3.63, 3.8) is 0 Å². The Balaban J connectivity index is 2.12. The molecule has 0 radical (unpaired) electrons. The second-order valence-electron chi connectivity index (χ2n) is 4.95. The molecule has 0 bridgehead atoms. The molecule has 0 saturated heterocycles. The Hall–Kier alpha value is -1.61. The summed E-state index contributed by atoms with van der Waals surface area (Å²) in [5, 5.41) is 3.01. The highest BCUT2D eigenvalue weighted by Gasteiger charge is 2.46. The molecule has 1 amide bonds. The van der Waals surface area contributed by atoms with E-state index < -0.39 is 5.41 Å². The predicted molar refractivity (Wildman–Crippen MR) is 68.0 cm³/mol. The van der Waals surface area contributed by atoms with Gasteiger partial charge in [0, 0.05) is 18.8 Å². The van der Waals surface area contributed by atoms with E-state index in [9.17, 15) is 4.79 Å². The number of para-hydroxylation sites is 1. The zero-order valence-electron chi connectivity index (χ0n) is 9.94. The van der Waals surface area contributed by atoms with E-state index in [0.717, 1.165) is 30.8 Å². The molecular formula is C14H16N2O. The first kappa shape index (κ1) is 10.5. The number of likely N-dealkylation sites (N-methyl/N-ethyl adjacent to an activating group) is 1. The van der Waals surface area contributed by atoms with Crippen molar-refractivity contribution in [3.8, 4) is 0 Å². The molecule has 1 unspecified atom stereocenters. The summed E-state index contributed by atoms with van der Waals surface area (Å²) in [6.45, 7) is 1.69. The molecule has 2 aliphatic rings. The molecule has 0 aliphatic carbocycles. The van der Waals surface area contributed by atoms with Crippen molar-refractivity contribution >= 4 is 11.6 Å². The minimum atomic E-state index is -0.391. The minimum Gasteiger partial charge on any atom is -0.325 e. The maximum Gasteiger partial charge on any atom is 0.236 e. The van der Waals surface area contributed by atoms with E-state index in [0.29, 0.717) is 0 Å². The molecule has 0 fully saturated rings. The first-order valence-corrected chi connectivity index (χ1v) is 5.97. The van der Waals surface area contributed by atoms with Crippen LogP contribution in [0.15, 0.2) is 36.4 Å². The summed E-state index contributed by atoms with van der Waals surface area (Å²) in [6.07, 6.45) is 5.06. The van der Waals surface area contributed by atoms with Crippen LogP contribution in [-0.4, -0.2) is 30.9 Å². The first-order chi connectivity index (χ1) is 8.22. The molecule has 1 N–H and O–H groups in total. The summed E-state index contributed by atoms with van der Waals surface area (Å²) in [6, 6.07) is 8.03. The fraction of sp³-hybridized carbons (Fsp3) is 0.357. The summed E-state index contributed by atoms with van der Waals surface area (Å²) in [5.41, 5.74) is 1.72. The highest BCUT2D eigenvalue weighted by molar-refractivity contribution is 6.06. The van der Waals surface area contributed by atoms with Crippen LogP contribution in [0.4, 0.5) is 5.69 Å². The summed E-state index contributed by atoms with van der Waals surface area (Å²) < 4.78 is 0. The van der Waals surface area contributed by atoms with Crippen LogP contribution in [0.2, 0.25) is 0 Å². The van der Waals surface area contributed by atoms with Crippen molar-refractivity contribution in [2.75, 3.05) is 25.5 Å². The normalized spacial score (nSPS) is 27.9. The van der Waals surface area contributed by atoms with Crippen molar-refractivity contribution in [3.05, 3.63) is 42.0 Å². The van der Waals surface area contributed by atoms with Gasteiger partial charge in [0.25, 0.3) is 0 Å². The van der Waals surface area contributed by atoms with Crippen LogP contribution in [-0.2, 0) is 10.2 Å². The van der Waals surface area contributed by atoms with Gasteiger partial charge in [-0.05, 0) is 25.1 Å². The lowest BCUT2D eigenvalue weighted by Gasteiger charge is -2.29. The fourth-order valence-electron chi connectivity index (χ4n) is 2.86. The Morgan fingerprint density at radius 1 is 1.29 bits per heavy atom. The van der Waals surface area contributed by atoms with Crippen LogP contribution >= 0.6 is 0 Å². The number of amides is 1. The van der Waals surface area contributed by atoms with E-state index in [4.69, 9.17) is 0 Å². The van der Waals surface area contributed by atoms with Crippen molar-refractivity contribution in [1.29, 1.82) is 0 Å². The van der Waals surface area contributed by atoms with Crippen LogP contribution in [0, 0.1) is 0 Å². The Kier molecular flexibility index (Phi) is 2.30. The molecule has 0 saturated carbocycles. The quantitative estimate of drug-likeness (QED) is 0.686. The number of allylic oxidation sites excluding steroid dienone is 1. The molecular weight excluding hydrogens is 212 g/mol. The SMILES string of the molecule is CN1CC=CCC2(C1)C(=O)Nc1ccccc12. The maximum atomic E-state index is 12.3. The van der Waals surface area contributed by atoms with Gasteiger partial charge in [-0.1, -0.05) is 30.4 Å². The summed E-state index contributed by atoms with van der Waals surface area (Å²) in [7, 11) is 2.06. The topological polar surface area (TPSA) is 32.3 Å². The monoisotopic (exact) mass is 228 g/mol. The highest BCUT2D eigenvalue weighted by atomic mass is 16.2. The van der Waals surface area contributed by atoms with Crippen LogP contribution < -0.4 is 5.32 Å². The number of anilines is 1. The number of benzene rings is 1. The third-order valence-electron chi connectivity index (χ3n) is 3.72. The molecule has 2 heterocycles. The number of hydrogen-bond donors (Lipinski definition) is 1. The molecule has 1 spiro atoms. The molecule has 17 heavy (non-hydrogen) atoms. The predicted octanol–water partition coefficient (Wildman–Crippen LogP) is 1.77. The molecule has 1 aromatic carbocycles. The molecule has 3 heteroatoms. The van der Waals surface area contributed by atoms with Gasteiger partial charge in [-0.25, -0.2) is 0 Å². The van der Waals surface area contributed by atoms with Crippen LogP contribution in [0.25, 0.3) is 0 Å². The smallest absolute Gasteiger partial charge is 0.236 e. The van der Waals surface area contributed by atoms with Crippen molar-refractivity contribution in [2.24, 2.45) is 0 Å². The molecule has 88 valence electrons. The number of hydrogen-bond acceptors (Lipinski definition) is 2. The number of nitrogens with zero attached hydrogens (tertiary/aromatic N) is 1. The number of fused-ring (bicyclic) bond motifs is 2. The van der Waals surface area contributed by atoms with Gasteiger partial charge in [0.1, 0.15) is 0 Å². The molecule has 3 rings (SSSR count). The van der Waals surface area contributed by atoms with Crippen molar-refractivity contribution in [2.45, 2.75) is 11.8 Å². The second-order valence-corrected chi connectivity index (χ2v) is 4.95. The number of rotatable bonds is 0. The van der Waals surface area contributed by atoms with Crippen LogP contribution in [0.3, 0.4) is 0 Å². The van der Waals surface area contributed by atoms with Crippen molar-refractivity contribution in [1.82, 2.24) is 4.90 Å². The van der Waals surface area contributed by atoms with E-state index in [1.165, 1.54) is 0 Å². The summed E-state index contributed by atoms with van der Waals surface area (Å²) in [5.74, 6) is 0.136. The van der Waals surface area contributed by atoms with Gasteiger partial charge in [-0.3, -0.25) is 4.79 Å². The zero-order chi connectivity index (χ0) is 11.9. The summed E-state index contributed by atoms with van der Waals surface area (Å²) >= 11 is 0. The van der Waals surface area contributed by atoms with Gasteiger partial charge >= 0.3 is 0 Å². The van der Waals surface area contributed by atoms with E-state index in [1.54, 1.807) is 0 Å². The molecule has 3 nitrogen and oxygen atoms in total. The maximum absolute atomic E-state index is 12.3. The molecule has 1 aromatic rings. The van der Waals surface area contributed by atoms with Gasteiger partial charge in [0.15, 0.2) is 0 Å². The Morgan fingerprint density at radius 2 is 2.12 bits per heavy atom. The van der Waals surface area contributed by atoms with Crippen LogP contribution in [0.1, 0.15) is 12.0 Å². The van der Waals surface area contributed by atoms with Crippen LogP contribution in [0.5, 0.6) is 0 Å². The Bertz CT molecular complexity index is 495. The second kappa shape index (κ2) is 3.70. The summed E-state index contributed by atoms with van der Waals surface area (Å²) in [4.78, 5) is 14.5. The van der Waals surface area contributed by atoms with Gasteiger partial charge in [-0.15, -0.1) is 0 Å². The van der Waals surface area contributed by atoms with Gasteiger partial charge in [0.05, 0.1) is 5.41 Å². The Labute approximate surface area is 101 Å². The largest absolute Gasteiger partial charge is 0.325 e. The number of nitrogens with one attached hydrogen (secondary N) is 1. The average molecular weight is 228 g/mol. The number of carbonyl (C=O) groups excluding carboxylic acids is 1. The van der Waals surface area contributed by atoms with E-state index in [2.05, 4.69) is 35.5 Å². The number of carbonyl (C=O) groups is 1. The molecule has 2 aliphatic heterocycles. The zero-order valence-corrected chi connectivity index (χ0v) is 9.94. The highest BCUT2D eigenvalue weighted by Crippen LogP contribution is 2.41. The van der Waals surface area contributed by atoms with E-state index in [1.807, 2.05) is 18.2 Å². The lowest BCUT2D eigenvalue weighted by molar-refractivity contribution is -0.121. The molecule has 0 aromatic heterocycles. The standard InChI is InChI=1S/C14H16N2O/c1-16-9-5-4-8-14(10-16)11-6-2-3-7-12(11)15-13(14)17/h2-7H,8-10H2,1H3,(H,15,17). The van der Waals surface area contributed by atoms with Crippen molar-refractivity contribution < 1.29 is 4.79 Å².